The summed E-state index contributed by atoms with van der Waals surface area (Å²) in [5, 5.41) is 31.4. The van der Waals surface area contributed by atoms with Gasteiger partial charge in [-0.2, -0.15) is 0 Å². The van der Waals surface area contributed by atoms with Crippen molar-refractivity contribution in [1.29, 1.82) is 0 Å². The van der Waals surface area contributed by atoms with Gasteiger partial charge in [0.15, 0.2) is 0 Å². The van der Waals surface area contributed by atoms with Crippen molar-refractivity contribution in [2.45, 2.75) is 45.0 Å². The molecule has 8 nitrogen and oxygen atoms in total. The van der Waals surface area contributed by atoms with Gasteiger partial charge in [-0.3, -0.25) is 0 Å². The molecule has 0 saturated carbocycles. The van der Waals surface area contributed by atoms with Gasteiger partial charge in [-0.25, -0.2) is 14.0 Å². The monoisotopic (exact) mass is 358 g/mol. The average molecular weight is 358 g/mol. The molecule has 0 bridgehead atoms. The van der Waals surface area contributed by atoms with Gasteiger partial charge in [0, 0.05) is 17.8 Å². The zero-order valence-electron chi connectivity index (χ0n) is 14.2. The minimum absolute atomic E-state index is 0.0322. The molecule has 6 N–H and O–H groups in total. The number of nitrogens with one attached hydrogen (secondary N) is 1. The van der Waals surface area contributed by atoms with E-state index in [1.54, 1.807) is 20.8 Å². The van der Waals surface area contributed by atoms with Crippen molar-refractivity contribution in [1.82, 2.24) is 5.32 Å². The number of aliphatic hydroxyl groups excluding tert-OH is 2. The first-order valence-corrected chi connectivity index (χ1v) is 7.57. The summed E-state index contributed by atoms with van der Waals surface area (Å²) in [5.74, 6) is -2.32. The second kappa shape index (κ2) is 8.13. The van der Waals surface area contributed by atoms with Crippen LogP contribution < -0.4 is 11.1 Å². The van der Waals surface area contributed by atoms with Gasteiger partial charge in [-0.05, 0) is 39.3 Å². The molecule has 0 aliphatic carbocycles. The molecule has 25 heavy (non-hydrogen) atoms. The van der Waals surface area contributed by atoms with Crippen LogP contribution in [-0.2, 0) is 4.74 Å². The number of aliphatic hydroxyl groups is 2. The molecule has 0 saturated heterocycles. The number of nitrogens with two attached hydrogens (primary N) is 1. The number of nitrogen functional groups attached to an aromatic ring is 1. The van der Waals surface area contributed by atoms with Crippen LogP contribution in [0.25, 0.3) is 0 Å². The van der Waals surface area contributed by atoms with E-state index >= 15 is 0 Å². The summed E-state index contributed by atoms with van der Waals surface area (Å²) >= 11 is 0. The Balaban J connectivity index is 2.71. The highest BCUT2D eigenvalue weighted by Gasteiger charge is 2.24. The van der Waals surface area contributed by atoms with Crippen molar-refractivity contribution in [2.75, 3.05) is 12.3 Å². The van der Waals surface area contributed by atoms with E-state index < -0.39 is 41.3 Å². The van der Waals surface area contributed by atoms with Crippen molar-refractivity contribution < 1.29 is 34.0 Å². The molecule has 1 rings (SSSR count). The maximum atomic E-state index is 13.9. The van der Waals surface area contributed by atoms with Crippen molar-refractivity contribution in [3.05, 3.63) is 29.1 Å². The molecule has 1 amide bonds. The van der Waals surface area contributed by atoms with Gasteiger partial charge < -0.3 is 31.1 Å². The lowest BCUT2D eigenvalue weighted by Crippen LogP contribution is -2.34. The normalized spacial score (nSPS) is 13.8. The van der Waals surface area contributed by atoms with Crippen molar-refractivity contribution in [3.63, 3.8) is 0 Å². The predicted octanol–water partition coefficient (Wildman–Crippen LogP) is 1.42. The fourth-order valence-electron chi connectivity index (χ4n) is 2.02. The van der Waals surface area contributed by atoms with Crippen LogP contribution in [-0.4, -0.2) is 45.6 Å². The molecule has 1 aromatic rings. The molecule has 2 atom stereocenters. The van der Waals surface area contributed by atoms with E-state index in [4.69, 9.17) is 15.6 Å². The zero-order valence-corrected chi connectivity index (χ0v) is 14.2. The summed E-state index contributed by atoms with van der Waals surface area (Å²) in [7, 11) is 0. The van der Waals surface area contributed by atoms with Crippen molar-refractivity contribution in [3.8, 4) is 0 Å². The van der Waals surface area contributed by atoms with Crippen LogP contribution >= 0.6 is 0 Å². The number of anilines is 1. The maximum absolute atomic E-state index is 13.9. The Labute approximate surface area is 144 Å². The lowest BCUT2D eigenvalue weighted by Gasteiger charge is -2.21. The molecule has 0 heterocycles. The summed E-state index contributed by atoms with van der Waals surface area (Å²) < 4.78 is 18.9. The van der Waals surface area contributed by atoms with E-state index in [0.29, 0.717) is 0 Å². The molecule has 0 radical (unpaired) electrons. The molecular formula is C16H23FN2O6. The van der Waals surface area contributed by atoms with E-state index in [-0.39, 0.29) is 24.2 Å². The topological polar surface area (TPSA) is 142 Å². The van der Waals surface area contributed by atoms with Gasteiger partial charge in [0.2, 0.25) is 0 Å². The molecule has 0 aliphatic rings. The van der Waals surface area contributed by atoms with Gasteiger partial charge in [0.05, 0.1) is 11.7 Å². The quantitative estimate of drug-likeness (QED) is 0.484. The SMILES string of the molecule is CC(C)(C)OC(=O)NCCC(O)C(O)c1cc(C(=O)O)c(N)cc1F. The number of alkyl carbamates (subject to hydrolysis) is 1. The van der Waals surface area contributed by atoms with Crippen LogP contribution in [0.4, 0.5) is 14.9 Å². The summed E-state index contributed by atoms with van der Waals surface area (Å²) in [6.45, 7) is 5.04. The Morgan fingerprint density at radius 3 is 2.44 bits per heavy atom. The van der Waals surface area contributed by atoms with E-state index in [2.05, 4.69) is 5.32 Å². The Bertz CT molecular complexity index is 644. The first kappa shape index (κ1) is 20.7. The highest BCUT2D eigenvalue weighted by molar-refractivity contribution is 5.93. The lowest BCUT2D eigenvalue weighted by molar-refractivity contribution is 0.0103. The van der Waals surface area contributed by atoms with Crippen molar-refractivity contribution in [2.24, 2.45) is 0 Å². The van der Waals surface area contributed by atoms with Gasteiger partial charge in [0.25, 0.3) is 0 Å². The van der Waals surface area contributed by atoms with Gasteiger partial charge in [0.1, 0.15) is 17.5 Å². The molecule has 0 spiro atoms. The van der Waals surface area contributed by atoms with Crippen molar-refractivity contribution >= 4 is 17.7 Å². The number of hydrogen-bond acceptors (Lipinski definition) is 6. The third kappa shape index (κ3) is 6.20. The van der Waals surface area contributed by atoms with E-state index in [0.717, 1.165) is 12.1 Å². The van der Waals surface area contributed by atoms with Crippen LogP contribution in [0.3, 0.4) is 0 Å². The first-order valence-electron chi connectivity index (χ1n) is 7.57. The predicted molar refractivity (Wildman–Crippen MR) is 87.6 cm³/mol. The molecule has 0 aromatic heterocycles. The van der Waals surface area contributed by atoms with Crippen LogP contribution in [0.2, 0.25) is 0 Å². The van der Waals surface area contributed by atoms with E-state index in [1.807, 2.05) is 0 Å². The molecular weight excluding hydrogens is 335 g/mol. The second-order valence-electron chi connectivity index (χ2n) is 6.50. The van der Waals surface area contributed by atoms with E-state index in [1.165, 1.54) is 0 Å². The lowest BCUT2D eigenvalue weighted by atomic mass is 9.98. The summed E-state index contributed by atoms with van der Waals surface area (Å²) in [5.41, 5.74) is 3.66. The number of carbonyl (C=O) groups excluding carboxylic acids is 1. The summed E-state index contributed by atoms with van der Waals surface area (Å²) in [4.78, 5) is 22.5. The van der Waals surface area contributed by atoms with Crippen LogP contribution in [0.15, 0.2) is 12.1 Å². The third-order valence-corrected chi connectivity index (χ3v) is 3.19. The van der Waals surface area contributed by atoms with Gasteiger partial charge in [-0.15, -0.1) is 0 Å². The molecule has 2 unspecified atom stereocenters. The number of hydrogen-bond donors (Lipinski definition) is 5. The molecule has 0 aliphatic heterocycles. The van der Waals surface area contributed by atoms with Gasteiger partial charge >= 0.3 is 12.1 Å². The Morgan fingerprint density at radius 1 is 1.32 bits per heavy atom. The Morgan fingerprint density at radius 2 is 1.92 bits per heavy atom. The fourth-order valence-corrected chi connectivity index (χ4v) is 2.02. The Hall–Kier alpha value is -2.39. The highest BCUT2D eigenvalue weighted by atomic mass is 19.1. The number of carboxylic acids is 1. The number of carboxylic acid groups (broad SMARTS) is 1. The maximum Gasteiger partial charge on any atom is 0.407 e. The van der Waals surface area contributed by atoms with Crippen LogP contribution in [0.1, 0.15) is 49.2 Å². The number of aromatic carboxylic acids is 1. The Kier molecular flexibility index (Phi) is 6.71. The molecule has 0 fully saturated rings. The average Bonchev–Trinajstić information content (AvgIpc) is 2.44. The van der Waals surface area contributed by atoms with Gasteiger partial charge in [-0.1, -0.05) is 0 Å². The summed E-state index contributed by atoms with van der Waals surface area (Å²) in [6, 6.07) is 1.65. The minimum atomic E-state index is -1.68. The fraction of sp³-hybridized carbons (Fsp3) is 0.500. The number of amides is 1. The third-order valence-electron chi connectivity index (χ3n) is 3.19. The highest BCUT2D eigenvalue weighted by Crippen LogP contribution is 2.26. The summed E-state index contributed by atoms with van der Waals surface area (Å²) in [6.07, 6.45) is -3.91. The van der Waals surface area contributed by atoms with Crippen LogP contribution in [0.5, 0.6) is 0 Å². The van der Waals surface area contributed by atoms with Crippen LogP contribution in [0, 0.1) is 5.82 Å². The standard InChI is InChI=1S/C16H23FN2O6/c1-16(2,3)25-15(24)19-5-4-12(20)13(21)8-6-9(14(22)23)11(18)7-10(8)17/h6-7,12-13,20-21H,4-5,18H2,1-3H3,(H,19,24)(H,22,23). The molecule has 1 aromatic carbocycles. The largest absolute Gasteiger partial charge is 0.478 e. The number of benzene rings is 1. The smallest absolute Gasteiger partial charge is 0.407 e. The number of rotatable bonds is 6. The first-order chi connectivity index (χ1) is 11.4. The van der Waals surface area contributed by atoms with E-state index in [9.17, 15) is 24.2 Å². The number of carbonyl (C=O) groups is 2. The minimum Gasteiger partial charge on any atom is -0.478 e. The number of halogens is 1. The molecule has 9 heteroatoms. The molecule has 140 valence electrons. The second-order valence-corrected chi connectivity index (χ2v) is 6.50. The number of ether oxygens (including phenoxy) is 1. The zero-order chi connectivity index (χ0) is 19.4.